The molecule has 0 aromatic carbocycles. The van der Waals surface area contributed by atoms with Gasteiger partial charge in [0, 0.05) is 50.4 Å². The molecule has 10 heteroatoms. The van der Waals surface area contributed by atoms with E-state index >= 15 is 0 Å². The van der Waals surface area contributed by atoms with Crippen molar-refractivity contribution in [2.75, 3.05) is 32.7 Å². The van der Waals surface area contributed by atoms with Crippen molar-refractivity contribution in [3.05, 3.63) is 42.4 Å². The van der Waals surface area contributed by atoms with Gasteiger partial charge in [0.15, 0.2) is 5.65 Å². The quantitative estimate of drug-likeness (QED) is 0.454. The highest BCUT2D eigenvalue weighted by atomic mass is 16.5. The molecule has 1 saturated heterocycles. The van der Waals surface area contributed by atoms with Crippen LogP contribution in [0.1, 0.15) is 35.7 Å². The smallest absolute Gasteiger partial charge is 0.257 e. The topological polar surface area (TPSA) is 108 Å². The molecule has 0 radical (unpaired) electrons. The van der Waals surface area contributed by atoms with E-state index in [1.54, 1.807) is 17.8 Å². The second kappa shape index (κ2) is 8.37. The average Bonchev–Trinajstić information content (AvgIpc) is 3.60. The van der Waals surface area contributed by atoms with Gasteiger partial charge < -0.3 is 24.7 Å². The maximum Gasteiger partial charge on any atom is 0.257 e. The van der Waals surface area contributed by atoms with Gasteiger partial charge in [0.25, 0.3) is 5.91 Å². The Morgan fingerprint density at radius 1 is 1.24 bits per heavy atom. The summed E-state index contributed by atoms with van der Waals surface area (Å²) in [5, 5.41) is 10.7. The zero-order chi connectivity index (χ0) is 23.2. The van der Waals surface area contributed by atoms with Crippen LogP contribution in [0.2, 0.25) is 0 Å². The molecule has 1 amide bonds. The lowest BCUT2D eigenvalue weighted by Gasteiger charge is -2.35. The predicted molar refractivity (Wildman–Crippen MR) is 126 cm³/mol. The largest absolute Gasteiger partial charge is 0.379 e. The van der Waals surface area contributed by atoms with Crippen LogP contribution in [0.5, 0.6) is 0 Å². The standard InChI is InChI=1S/C24H27N7O3/c1-25-21-10-19(16-11-26-22-15(16)4-3-8-30(22)14-7-9-34-13-14)28-23-17(12-27-31(21)23)24(32)29-18-5-6-20(18)33-2/h3-4,8,10-12,14,18,20,25H,5-7,9,13H2,1-2H3,(H,29,32)/t14-,18-,20-/m1/s1. The minimum absolute atomic E-state index is 0.0117. The molecule has 5 heterocycles. The van der Waals surface area contributed by atoms with Gasteiger partial charge in [-0.15, -0.1) is 0 Å². The van der Waals surface area contributed by atoms with E-state index in [-0.39, 0.29) is 24.1 Å². The fourth-order valence-corrected chi connectivity index (χ4v) is 4.90. The van der Waals surface area contributed by atoms with Crippen LogP contribution in [0, 0.1) is 0 Å². The Labute approximate surface area is 196 Å². The second-order valence-corrected chi connectivity index (χ2v) is 8.84. The molecule has 0 unspecified atom stereocenters. The zero-order valence-electron chi connectivity index (χ0n) is 19.2. The van der Waals surface area contributed by atoms with E-state index in [4.69, 9.17) is 19.4 Å². The Morgan fingerprint density at radius 2 is 2.15 bits per heavy atom. The summed E-state index contributed by atoms with van der Waals surface area (Å²) in [5.41, 5.74) is 3.58. The maximum absolute atomic E-state index is 13.1. The molecule has 2 aromatic rings. The van der Waals surface area contributed by atoms with Crippen molar-refractivity contribution in [1.29, 1.82) is 0 Å². The summed E-state index contributed by atoms with van der Waals surface area (Å²) in [7, 11) is 3.50. The average molecular weight is 462 g/mol. The van der Waals surface area contributed by atoms with E-state index < -0.39 is 0 Å². The highest BCUT2D eigenvalue weighted by molar-refractivity contribution is 6.00. The molecular formula is C24H27N7O3. The Kier molecular flexibility index (Phi) is 5.19. The van der Waals surface area contributed by atoms with Gasteiger partial charge in [-0.3, -0.25) is 4.79 Å². The minimum Gasteiger partial charge on any atom is -0.379 e. The lowest BCUT2D eigenvalue weighted by Crippen LogP contribution is -2.51. The number of ether oxygens (including phenoxy) is 2. The molecular weight excluding hydrogens is 434 g/mol. The molecule has 176 valence electrons. The number of methoxy groups -OCH3 is 1. The van der Waals surface area contributed by atoms with E-state index in [1.165, 1.54) is 0 Å². The number of nitrogens with one attached hydrogen (secondary N) is 2. The summed E-state index contributed by atoms with van der Waals surface area (Å²) < 4.78 is 14.8. The van der Waals surface area contributed by atoms with E-state index in [1.807, 2.05) is 25.4 Å². The monoisotopic (exact) mass is 461 g/mol. The first-order chi connectivity index (χ1) is 16.7. The summed E-state index contributed by atoms with van der Waals surface area (Å²) in [5.74, 6) is 1.44. The van der Waals surface area contributed by atoms with Crippen LogP contribution in [0.15, 0.2) is 36.8 Å². The number of pyridine rings is 1. The number of nitrogens with zero attached hydrogens (tertiary/aromatic N) is 5. The summed E-state index contributed by atoms with van der Waals surface area (Å²) in [6, 6.07) is 6.31. The first-order valence-electron chi connectivity index (χ1n) is 11.6. The molecule has 6 rings (SSSR count). The lowest BCUT2D eigenvalue weighted by atomic mass is 9.89. The molecule has 0 bridgehead atoms. The van der Waals surface area contributed by atoms with Gasteiger partial charge in [-0.25, -0.2) is 9.97 Å². The maximum atomic E-state index is 13.1. The van der Waals surface area contributed by atoms with Crippen LogP contribution < -0.4 is 10.6 Å². The number of aromatic nitrogens is 5. The van der Waals surface area contributed by atoms with Gasteiger partial charge in [0.1, 0.15) is 17.2 Å². The third-order valence-corrected chi connectivity index (χ3v) is 6.98. The first-order valence-corrected chi connectivity index (χ1v) is 11.6. The summed E-state index contributed by atoms with van der Waals surface area (Å²) >= 11 is 0. The molecule has 2 fully saturated rings. The van der Waals surface area contributed by atoms with E-state index in [0.29, 0.717) is 17.8 Å². The molecule has 34 heavy (non-hydrogen) atoms. The third-order valence-electron chi connectivity index (χ3n) is 6.98. The van der Waals surface area contributed by atoms with Crippen LogP contribution in [0.4, 0.5) is 5.82 Å². The highest BCUT2D eigenvalue weighted by Crippen LogP contribution is 2.36. The fraction of sp³-hybridized carbons (Fsp3) is 0.417. The van der Waals surface area contributed by atoms with E-state index in [0.717, 1.165) is 54.3 Å². The van der Waals surface area contributed by atoms with Gasteiger partial charge in [0.05, 0.1) is 36.7 Å². The number of rotatable bonds is 6. The van der Waals surface area contributed by atoms with Gasteiger partial charge in [-0.2, -0.15) is 9.61 Å². The summed E-state index contributed by atoms with van der Waals surface area (Å²) in [6.45, 7) is 1.46. The third kappa shape index (κ3) is 3.33. The molecule has 1 aliphatic carbocycles. The first kappa shape index (κ1) is 21.1. The van der Waals surface area contributed by atoms with Gasteiger partial charge in [-0.05, 0) is 31.4 Å². The van der Waals surface area contributed by atoms with Crippen molar-refractivity contribution in [2.24, 2.45) is 0 Å². The number of hydrogen-bond acceptors (Lipinski definition) is 7. The molecule has 3 aliphatic heterocycles. The molecule has 2 aromatic heterocycles. The highest BCUT2D eigenvalue weighted by Gasteiger charge is 2.33. The molecule has 1 saturated carbocycles. The van der Waals surface area contributed by atoms with Crippen molar-refractivity contribution in [1.82, 2.24) is 29.5 Å². The van der Waals surface area contributed by atoms with Crippen molar-refractivity contribution >= 4 is 17.4 Å². The van der Waals surface area contributed by atoms with Gasteiger partial charge in [-0.1, -0.05) is 0 Å². The normalized spacial score (nSPS) is 22.2. The minimum atomic E-state index is -0.196. The number of anilines is 1. The van der Waals surface area contributed by atoms with Gasteiger partial charge in [0.2, 0.25) is 0 Å². The fourth-order valence-electron chi connectivity index (χ4n) is 4.90. The Hall–Kier alpha value is -3.50. The lowest BCUT2D eigenvalue weighted by molar-refractivity contribution is 0.00732. The number of fused-ring (bicyclic) bond motifs is 2. The van der Waals surface area contributed by atoms with Crippen LogP contribution in [-0.4, -0.2) is 69.6 Å². The number of carbonyl (C=O) groups excluding carboxylic acids is 1. The number of hydrogen-bond donors (Lipinski definition) is 2. The molecule has 0 spiro atoms. The van der Waals surface area contributed by atoms with Crippen molar-refractivity contribution in [2.45, 2.75) is 37.5 Å². The molecule has 3 atom stereocenters. The molecule has 4 aliphatic rings. The SMILES string of the molecule is CNc1cc(-c2cnc3n([C@@H]4CCOC4)cccc2-3)nc2c(C(=O)N[C@@H]3CC[C@H]3OC)cnn12. The summed E-state index contributed by atoms with van der Waals surface area (Å²) in [6.07, 6.45) is 8.36. The summed E-state index contributed by atoms with van der Waals surface area (Å²) in [4.78, 5) is 22.7. The van der Waals surface area contributed by atoms with Crippen LogP contribution in [0.25, 0.3) is 28.3 Å². The molecule has 10 nitrogen and oxygen atoms in total. The van der Waals surface area contributed by atoms with E-state index in [2.05, 4.69) is 32.6 Å². The van der Waals surface area contributed by atoms with Crippen molar-refractivity contribution in [3.63, 3.8) is 0 Å². The van der Waals surface area contributed by atoms with Crippen LogP contribution in [0.3, 0.4) is 0 Å². The Bertz CT molecular complexity index is 1320. The molecule has 2 N–H and O–H groups in total. The number of amides is 1. The Balaban J connectivity index is 1.39. The number of carbonyl (C=O) groups is 1. The van der Waals surface area contributed by atoms with Gasteiger partial charge >= 0.3 is 0 Å². The van der Waals surface area contributed by atoms with Crippen LogP contribution in [-0.2, 0) is 9.47 Å². The van der Waals surface area contributed by atoms with Crippen LogP contribution >= 0.6 is 0 Å². The predicted octanol–water partition coefficient (Wildman–Crippen LogP) is 2.61. The van der Waals surface area contributed by atoms with E-state index in [9.17, 15) is 4.79 Å². The second-order valence-electron chi connectivity index (χ2n) is 8.84. The zero-order valence-corrected chi connectivity index (χ0v) is 19.2. The van der Waals surface area contributed by atoms with Crippen molar-refractivity contribution < 1.29 is 14.3 Å². The van der Waals surface area contributed by atoms with Crippen molar-refractivity contribution in [3.8, 4) is 22.6 Å². The Morgan fingerprint density at radius 3 is 2.88 bits per heavy atom.